The molecule has 1 aliphatic rings. The summed E-state index contributed by atoms with van der Waals surface area (Å²) >= 11 is 1.82. The number of thiophene rings is 1. The summed E-state index contributed by atoms with van der Waals surface area (Å²) in [4.78, 5) is 4.47. The van der Waals surface area contributed by atoms with Crippen LogP contribution in [0.25, 0.3) is 10.1 Å². The molecule has 2 heterocycles. The molecule has 2 aromatic rings. The summed E-state index contributed by atoms with van der Waals surface area (Å²) in [6.07, 6.45) is 0.982. The van der Waals surface area contributed by atoms with Gasteiger partial charge in [-0.15, -0.1) is 11.3 Å². The normalized spacial score (nSPS) is 15.8. The topological polar surface area (TPSA) is 21.6 Å². The van der Waals surface area contributed by atoms with Crippen molar-refractivity contribution < 1.29 is 4.74 Å². The molecule has 1 aliphatic heterocycles. The fourth-order valence-electron chi connectivity index (χ4n) is 2.47. The zero-order valence-corrected chi connectivity index (χ0v) is 11.6. The lowest BCUT2D eigenvalue weighted by Gasteiger charge is -2.23. The third-order valence-corrected chi connectivity index (χ3v) is 4.37. The molecule has 0 saturated carbocycles. The van der Waals surface area contributed by atoms with E-state index in [1.807, 2.05) is 11.3 Å². The van der Waals surface area contributed by atoms with Gasteiger partial charge in [0.15, 0.2) is 5.90 Å². The molecule has 0 unspecified atom stereocenters. The molecule has 0 bridgehead atoms. The van der Waals surface area contributed by atoms with Crippen molar-refractivity contribution in [2.24, 2.45) is 10.4 Å². The van der Waals surface area contributed by atoms with Gasteiger partial charge in [0.2, 0.25) is 0 Å². The largest absolute Gasteiger partial charge is 0.479 e. The minimum absolute atomic E-state index is 0.0135. The average molecular weight is 259 g/mol. The molecule has 0 radical (unpaired) electrons. The highest BCUT2D eigenvalue weighted by Gasteiger charge is 2.30. The van der Waals surface area contributed by atoms with Crippen molar-refractivity contribution in [2.45, 2.75) is 20.3 Å². The Hall–Kier alpha value is -1.35. The lowest BCUT2D eigenvalue weighted by molar-refractivity contribution is 0.293. The Bertz CT molecular complexity index is 597. The van der Waals surface area contributed by atoms with Gasteiger partial charge in [0, 0.05) is 10.1 Å². The summed E-state index contributed by atoms with van der Waals surface area (Å²) in [6, 6.07) is 8.59. The SMILES string of the molecule is CC(C)(Cc1csc2ccccc12)C1=NCCO1. The lowest BCUT2D eigenvalue weighted by atomic mass is 9.85. The van der Waals surface area contributed by atoms with Crippen LogP contribution >= 0.6 is 11.3 Å². The highest BCUT2D eigenvalue weighted by molar-refractivity contribution is 7.17. The Morgan fingerprint density at radius 1 is 1.33 bits per heavy atom. The highest BCUT2D eigenvalue weighted by Crippen LogP contribution is 2.33. The monoisotopic (exact) mass is 259 g/mol. The molecular formula is C15H17NOS. The van der Waals surface area contributed by atoms with Gasteiger partial charge in [0.25, 0.3) is 0 Å². The van der Waals surface area contributed by atoms with Crippen LogP contribution in [-0.4, -0.2) is 19.0 Å². The van der Waals surface area contributed by atoms with Gasteiger partial charge in [0.1, 0.15) is 6.61 Å². The van der Waals surface area contributed by atoms with E-state index in [2.05, 4.69) is 48.5 Å². The summed E-state index contributed by atoms with van der Waals surface area (Å²) < 4.78 is 6.99. The second-order valence-corrected chi connectivity index (χ2v) is 6.26. The van der Waals surface area contributed by atoms with Crippen molar-refractivity contribution >= 4 is 27.3 Å². The van der Waals surface area contributed by atoms with Gasteiger partial charge in [-0.05, 0) is 28.8 Å². The molecule has 94 valence electrons. The van der Waals surface area contributed by atoms with Crippen LogP contribution in [0.4, 0.5) is 0 Å². The predicted octanol–water partition coefficient (Wildman–Crippen LogP) is 3.90. The number of hydrogen-bond acceptors (Lipinski definition) is 3. The van der Waals surface area contributed by atoms with Crippen LogP contribution in [0.3, 0.4) is 0 Å². The number of fused-ring (bicyclic) bond motifs is 1. The Morgan fingerprint density at radius 3 is 2.94 bits per heavy atom. The van der Waals surface area contributed by atoms with Crippen molar-refractivity contribution in [3.63, 3.8) is 0 Å². The third kappa shape index (κ3) is 2.03. The first-order valence-electron chi connectivity index (χ1n) is 6.30. The number of ether oxygens (including phenoxy) is 1. The van der Waals surface area contributed by atoms with Crippen LogP contribution < -0.4 is 0 Å². The Morgan fingerprint density at radius 2 is 2.17 bits per heavy atom. The molecular weight excluding hydrogens is 242 g/mol. The van der Waals surface area contributed by atoms with Gasteiger partial charge in [-0.25, -0.2) is 0 Å². The Kier molecular flexibility index (Phi) is 2.86. The van der Waals surface area contributed by atoms with Gasteiger partial charge in [-0.2, -0.15) is 0 Å². The van der Waals surface area contributed by atoms with Crippen molar-refractivity contribution in [3.8, 4) is 0 Å². The van der Waals surface area contributed by atoms with E-state index < -0.39 is 0 Å². The summed E-state index contributed by atoms with van der Waals surface area (Å²) in [5.74, 6) is 0.915. The average Bonchev–Trinajstić information content (AvgIpc) is 2.99. The van der Waals surface area contributed by atoms with E-state index in [1.165, 1.54) is 15.6 Å². The van der Waals surface area contributed by atoms with Gasteiger partial charge in [0.05, 0.1) is 6.54 Å². The van der Waals surface area contributed by atoms with E-state index in [4.69, 9.17) is 4.74 Å². The Labute approximate surface area is 111 Å². The number of benzene rings is 1. The van der Waals surface area contributed by atoms with E-state index in [1.54, 1.807) is 0 Å². The van der Waals surface area contributed by atoms with E-state index in [0.717, 1.165) is 25.5 Å². The standard InChI is InChI=1S/C15H17NOS/c1-15(2,14-16-7-8-17-14)9-11-10-18-13-6-4-3-5-12(11)13/h3-6,10H,7-9H2,1-2H3. The second-order valence-electron chi connectivity index (χ2n) is 5.35. The first kappa shape index (κ1) is 11.7. The molecule has 0 aliphatic carbocycles. The summed E-state index contributed by atoms with van der Waals surface area (Å²) in [7, 11) is 0. The molecule has 0 saturated heterocycles. The van der Waals surface area contributed by atoms with Gasteiger partial charge in [-0.3, -0.25) is 4.99 Å². The lowest BCUT2D eigenvalue weighted by Crippen LogP contribution is -2.27. The first-order valence-corrected chi connectivity index (χ1v) is 7.18. The van der Waals surface area contributed by atoms with Crippen molar-refractivity contribution in [1.29, 1.82) is 0 Å². The van der Waals surface area contributed by atoms with Crippen LogP contribution in [0.2, 0.25) is 0 Å². The predicted molar refractivity (Wildman–Crippen MR) is 77.6 cm³/mol. The van der Waals surface area contributed by atoms with E-state index in [-0.39, 0.29) is 5.41 Å². The molecule has 1 aromatic carbocycles. The Balaban J connectivity index is 1.92. The van der Waals surface area contributed by atoms with Crippen molar-refractivity contribution in [1.82, 2.24) is 0 Å². The molecule has 0 atom stereocenters. The minimum Gasteiger partial charge on any atom is -0.479 e. The maximum absolute atomic E-state index is 5.63. The van der Waals surface area contributed by atoms with E-state index in [0.29, 0.717) is 0 Å². The number of aliphatic imine (C=N–C) groups is 1. The number of hydrogen-bond donors (Lipinski definition) is 0. The van der Waals surface area contributed by atoms with E-state index in [9.17, 15) is 0 Å². The molecule has 0 spiro atoms. The van der Waals surface area contributed by atoms with Gasteiger partial charge >= 0.3 is 0 Å². The first-order chi connectivity index (χ1) is 8.67. The molecule has 0 fully saturated rings. The zero-order chi connectivity index (χ0) is 12.6. The molecule has 0 N–H and O–H groups in total. The van der Waals surface area contributed by atoms with Crippen LogP contribution in [0.5, 0.6) is 0 Å². The van der Waals surface area contributed by atoms with Crippen molar-refractivity contribution in [3.05, 3.63) is 35.2 Å². The molecule has 3 heteroatoms. The summed E-state index contributed by atoms with van der Waals surface area (Å²) in [6.45, 7) is 5.97. The number of nitrogens with zero attached hydrogens (tertiary/aromatic N) is 1. The molecule has 18 heavy (non-hydrogen) atoms. The van der Waals surface area contributed by atoms with Crippen LogP contribution in [0.1, 0.15) is 19.4 Å². The van der Waals surface area contributed by atoms with Gasteiger partial charge < -0.3 is 4.74 Å². The molecule has 1 aromatic heterocycles. The quantitative estimate of drug-likeness (QED) is 0.819. The smallest absolute Gasteiger partial charge is 0.189 e. The molecule has 3 rings (SSSR count). The third-order valence-electron chi connectivity index (χ3n) is 3.36. The summed E-state index contributed by atoms with van der Waals surface area (Å²) in [5.41, 5.74) is 1.39. The van der Waals surface area contributed by atoms with E-state index >= 15 is 0 Å². The maximum Gasteiger partial charge on any atom is 0.189 e. The van der Waals surface area contributed by atoms with Crippen LogP contribution in [0, 0.1) is 5.41 Å². The highest BCUT2D eigenvalue weighted by atomic mass is 32.1. The fourth-order valence-corrected chi connectivity index (χ4v) is 3.43. The fraction of sp³-hybridized carbons (Fsp3) is 0.400. The zero-order valence-electron chi connectivity index (χ0n) is 10.8. The van der Waals surface area contributed by atoms with Crippen LogP contribution in [0.15, 0.2) is 34.6 Å². The van der Waals surface area contributed by atoms with Crippen LogP contribution in [-0.2, 0) is 11.2 Å². The second kappa shape index (κ2) is 4.39. The van der Waals surface area contributed by atoms with Crippen molar-refractivity contribution in [2.75, 3.05) is 13.2 Å². The molecule has 0 amide bonds. The summed E-state index contributed by atoms with van der Waals surface area (Å²) in [5, 5.41) is 3.64. The number of rotatable bonds is 3. The maximum atomic E-state index is 5.63. The van der Waals surface area contributed by atoms with Gasteiger partial charge in [-0.1, -0.05) is 32.0 Å². The minimum atomic E-state index is -0.0135. The molecule has 2 nitrogen and oxygen atoms in total.